The minimum Gasteiger partial charge on any atom is -0.383 e. The van der Waals surface area contributed by atoms with E-state index in [0.717, 1.165) is 32.0 Å². The molecule has 1 aromatic carbocycles. The van der Waals surface area contributed by atoms with Crippen LogP contribution >= 0.6 is 0 Å². The highest BCUT2D eigenvalue weighted by Gasteiger charge is 2.29. The maximum atomic E-state index is 5.07. The van der Waals surface area contributed by atoms with Crippen molar-refractivity contribution in [2.75, 3.05) is 33.4 Å². The van der Waals surface area contributed by atoms with Gasteiger partial charge in [-0.25, -0.2) is 0 Å². The molecule has 0 radical (unpaired) electrons. The predicted molar refractivity (Wildman–Crippen MR) is 95.7 cm³/mol. The normalized spacial score (nSPS) is 22.3. The van der Waals surface area contributed by atoms with E-state index in [0.29, 0.717) is 25.2 Å². The minimum atomic E-state index is 0.439. The van der Waals surface area contributed by atoms with Crippen molar-refractivity contribution in [2.24, 2.45) is 4.99 Å². The topological polar surface area (TPSA) is 48.9 Å². The van der Waals surface area contributed by atoms with Crippen LogP contribution in [0.5, 0.6) is 0 Å². The van der Waals surface area contributed by atoms with Crippen LogP contribution in [-0.2, 0) is 11.3 Å². The van der Waals surface area contributed by atoms with Gasteiger partial charge in [0, 0.05) is 38.8 Å². The van der Waals surface area contributed by atoms with E-state index in [2.05, 4.69) is 64.7 Å². The van der Waals surface area contributed by atoms with Crippen molar-refractivity contribution in [3.8, 4) is 0 Å². The summed E-state index contributed by atoms with van der Waals surface area (Å²) >= 11 is 0. The highest BCUT2D eigenvalue weighted by Crippen LogP contribution is 2.20. The first-order valence-electron chi connectivity index (χ1n) is 8.54. The first kappa shape index (κ1) is 17.8. The highest BCUT2D eigenvalue weighted by atomic mass is 16.5. The standard InChI is InChI=1S/C18H30N4O/c1-4-19-18(20-10-11-23-3)21-17-12-15(2)22(14-17)13-16-8-6-5-7-9-16/h5-9,15,17H,4,10-14H2,1-3H3,(H2,19,20,21). The molecule has 0 amide bonds. The van der Waals surface area contributed by atoms with E-state index in [1.807, 2.05) is 0 Å². The number of likely N-dealkylation sites (tertiary alicyclic amines) is 1. The maximum absolute atomic E-state index is 5.07. The second-order valence-electron chi connectivity index (χ2n) is 6.09. The Bertz CT molecular complexity index is 477. The van der Waals surface area contributed by atoms with Crippen LogP contribution in [-0.4, -0.2) is 56.3 Å². The average molecular weight is 318 g/mol. The number of nitrogens with one attached hydrogen (secondary N) is 2. The molecular formula is C18H30N4O. The zero-order chi connectivity index (χ0) is 16.5. The van der Waals surface area contributed by atoms with Crippen LogP contribution in [0.15, 0.2) is 35.3 Å². The van der Waals surface area contributed by atoms with Crippen LogP contribution in [0.2, 0.25) is 0 Å². The summed E-state index contributed by atoms with van der Waals surface area (Å²) in [5, 5.41) is 6.88. The molecule has 1 aromatic rings. The molecule has 0 aromatic heterocycles. The van der Waals surface area contributed by atoms with E-state index in [1.165, 1.54) is 5.56 Å². The Morgan fingerprint density at radius 3 is 2.83 bits per heavy atom. The summed E-state index contributed by atoms with van der Waals surface area (Å²) in [5.74, 6) is 0.892. The summed E-state index contributed by atoms with van der Waals surface area (Å²) < 4.78 is 5.07. The molecule has 1 aliphatic heterocycles. The fraction of sp³-hybridized carbons (Fsp3) is 0.611. The number of guanidine groups is 1. The Morgan fingerprint density at radius 2 is 2.13 bits per heavy atom. The molecule has 1 heterocycles. The van der Waals surface area contributed by atoms with Gasteiger partial charge in [0.25, 0.3) is 0 Å². The van der Waals surface area contributed by atoms with Crippen LogP contribution in [0.1, 0.15) is 25.8 Å². The van der Waals surface area contributed by atoms with Gasteiger partial charge < -0.3 is 15.4 Å². The highest BCUT2D eigenvalue weighted by molar-refractivity contribution is 5.80. The van der Waals surface area contributed by atoms with Crippen molar-refractivity contribution >= 4 is 5.96 Å². The van der Waals surface area contributed by atoms with E-state index < -0.39 is 0 Å². The lowest BCUT2D eigenvalue weighted by Gasteiger charge is -2.21. The second-order valence-corrected chi connectivity index (χ2v) is 6.09. The van der Waals surface area contributed by atoms with E-state index >= 15 is 0 Å². The molecule has 0 spiro atoms. The Morgan fingerprint density at radius 1 is 1.35 bits per heavy atom. The van der Waals surface area contributed by atoms with Gasteiger partial charge in [-0.15, -0.1) is 0 Å². The van der Waals surface area contributed by atoms with Crippen LogP contribution in [0.25, 0.3) is 0 Å². The largest absolute Gasteiger partial charge is 0.383 e. The third kappa shape index (κ3) is 5.84. The lowest BCUT2D eigenvalue weighted by Crippen LogP contribution is -2.44. The summed E-state index contributed by atoms with van der Waals surface area (Å²) in [6, 6.07) is 11.7. The monoisotopic (exact) mass is 318 g/mol. The van der Waals surface area contributed by atoms with Crippen LogP contribution in [0.3, 0.4) is 0 Å². The van der Waals surface area contributed by atoms with Crippen molar-refractivity contribution in [3.63, 3.8) is 0 Å². The quantitative estimate of drug-likeness (QED) is 0.458. The van der Waals surface area contributed by atoms with Gasteiger partial charge in [0.2, 0.25) is 0 Å². The number of hydrogen-bond donors (Lipinski definition) is 2. The summed E-state index contributed by atoms with van der Waals surface area (Å²) in [7, 11) is 1.70. The fourth-order valence-corrected chi connectivity index (χ4v) is 3.00. The Kier molecular flexibility index (Phi) is 7.36. The summed E-state index contributed by atoms with van der Waals surface area (Å²) in [4.78, 5) is 7.09. The second kappa shape index (κ2) is 9.53. The van der Waals surface area contributed by atoms with Gasteiger partial charge in [0.15, 0.2) is 5.96 Å². The first-order chi connectivity index (χ1) is 11.2. The van der Waals surface area contributed by atoms with Crippen LogP contribution < -0.4 is 10.6 Å². The average Bonchev–Trinajstić information content (AvgIpc) is 2.88. The Hall–Kier alpha value is -1.59. The van der Waals surface area contributed by atoms with Gasteiger partial charge >= 0.3 is 0 Å². The van der Waals surface area contributed by atoms with E-state index in [9.17, 15) is 0 Å². The van der Waals surface area contributed by atoms with Gasteiger partial charge in [0.05, 0.1) is 13.2 Å². The van der Waals surface area contributed by atoms with Crippen molar-refractivity contribution in [1.82, 2.24) is 15.5 Å². The molecular weight excluding hydrogens is 288 g/mol. The molecule has 23 heavy (non-hydrogen) atoms. The molecule has 1 aliphatic rings. The third-order valence-corrected chi connectivity index (χ3v) is 4.18. The molecule has 2 atom stereocenters. The summed E-state index contributed by atoms with van der Waals surface area (Å²) in [6.45, 7) is 8.66. The zero-order valence-electron chi connectivity index (χ0n) is 14.6. The molecule has 5 nitrogen and oxygen atoms in total. The predicted octanol–water partition coefficient (Wildman–Crippen LogP) is 1.85. The molecule has 1 saturated heterocycles. The molecule has 0 aliphatic carbocycles. The zero-order valence-corrected chi connectivity index (χ0v) is 14.6. The fourth-order valence-electron chi connectivity index (χ4n) is 3.00. The molecule has 1 fully saturated rings. The number of benzene rings is 1. The third-order valence-electron chi connectivity index (χ3n) is 4.18. The molecule has 0 saturated carbocycles. The lowest BCUT2D eigenvalue weighted by molar-refractivity contribution is 0.208. The summed E-state index contributed by atoms with van der Waals surface area (Å²) in [6.07, 6.45) is 1.14. The lowest BCUT2D eigenvalue weighted by atomic mass is 10.2. The Balaban J connectivity index is 1.87. The number of aliphatic imine (C=N–C) groups is 1. The molecule has 2 N–H and O–H groups in total. The van der Waals surface area contributed by atoms with Crippen LogP contribution in [0.4, 0.5) is 0 Å². The van der Waals surface area contributed by atoms with E-state index in [1.54, 1.807) is 7.11 Å². The molecule has 5 heteroatoms. The minimum absolute atomic E-state index is 0.439. The maximum Gasteiger partial charge on any atom is 0.191 e. The van der Waals surface area contributed by atoms with Gasteiger partial charge in [-0.1, -0.05) is 30.3 Å². The van der Waals surface area contributed by atoms with Crippen LogP contribution in [0, 0.1) is 0 Å². The first-order valence-corrected chi connectivity index (χ1v) is 8.54. The number of ether oxygens (including phenoxy) is 1. The van der Waals surface area contributed by atoms with E-state index in [4.69, 9.17) is 4.74 Å². The smallest absolute Gasteiger partial charge is 0.191 e. The molecule has 128 valence electrons. The van der Waals surface area contributed by atoms with E-state index in [-0.39, 0.29) is 0 Å². The molecule has 2 unspecified atom stereocenters. The van der Waals surface area contributed by atoms with Gasteiger partial charge in [-0.2, -0.15) is 0 Å². The number of rotatable bonds is 7. The summed E-state index contributed by atoms with van der Waals surface area (Å²) in [5.41, 5.74) is 1.38. The number of methoxy groups -OCH3 is 1. The van der Waals surface area contributed by atoms with Crippen molar-refractivity contribution < 1.29 is 4.74 Å². The Labute approximate surface area is 140 Å². The number of hydrogen-bond acceptors (Lipinski definition) is 3. The number of nitrogens with zero attached hydrogens (tertiary/aromatic N) is 2. The van der Waals surface area contributed by atoms with Crippen molar-refractivity contribution in [2.45, 2.75) is 38.9 Å². The van der Waals surface area contributed by atoms with Crippen molar-refractivity contribution in [3.05, 3.63) is 35.9 Å². The van der Waals surface area contributed by atoms with Crippen molar-refractivity contribution in [1.29, 1.82) is 0 Å². The SMILES string of the molecule is CCNC(=NCCOC)NC1CC(C)N(Cc2ccccc2)C1. The molecule has 0 bridgehead atoms. The van der Waals surface area contributed by atoms with Gasteiger partial charge in [-0.3, -0.25) is 9.89 Å². The van der Waals surface area contributed by atoms with Gasteiger partial charge in [0.1, 0.15) is 0 Å². The van der Waals surface area contributed by atoms with Gasteiger partial charge in [-0.05, 0) is 25.8 Å². The molecule has 2 rings (SSSR count).